The van der Waals surface area contributed by atoms with Gasteiger partial charge in [0.25, 0.3) is 0 Å². The van der Waals surface area contributed by atoms with Crippen molar-refractivity contribution in [3.05, 3.63) is 0 Å². The molecule has 0 aliphatic heterocycles. The molecular formula is C8H14O3. The summed E-state index contributed by atoms with van der Waals surface area (Å²) in [7, 11) is 1.59. The van der Waals surface area contributed by atoms with Gasteiger partial charge in [0.2, 0.25) is 0 Å². The maximum Gasteiger partial charge on any atom is 0.309 e. The van der Waals surface area contributed by atoms with Gasteiger partial charge in [0.05, 0.1) is 12.0 Å². The molecule has 0 spiro atoms. The Hall–Kier alpha value is -0.570. The quantitative estimate of drug-likeness (QED) is 0.658. The van der Waals surface area contributed by atoms with E-state index >= 15 is 0 Å². The lowest BCUT2D eigenvalue weighted by Gasteiger charge is -2.26. The number of rotatable bonds is 2. The van der Waals surface area contributed by atoms with Crippen LogP contribution in [0.2, 0.25) is 0 Å². The lowest BCUT2D eigenvalue weighted by Crippen LogP contribution is -2.32. The Morgan fingerprint density at radius 3 is 2.55 bits per heavy atom. The average Bonchev–Trinajstić information content (AvgIpc) is 2.04. The molecule has 3 nitrogen and oxygen atoms in total. The molecule has 0 aromatic rings. The van der Waals surface area contributed by atoms with Crippen LogP contribution in [0, 0.1) is 5.92 Å². The number of methoxy groups -OCH3 is 1. The van der Waals surface area contributed by atoms with E-state index < -0.39 is 5.97 Å². The van der Waals surface area contributed by atoms with Crippen LogP contribution in [0.15, 0.2) is 0 Å². The maximum absolute atomic E-state index is 10.6. The first-order valence-electron chi connectivity index (χ1n) is 4.01. The van der Waals surface area contributed by atoms with Crippen molar-refractivity contribution in [3.8, 4) is 0 Å². The molecule has 0 aromatic carbocycles. The van der Waals surface area contributed by atoms with Gasteiger partial charge >= 0.3 is 5.97 Å². The molecule has 1 rings (SSSR count). The SMILES string of the molecule is CO[C@H]1CCCC[C@@H]1C(=O)O. The molecule has 1 saturated carbocycles. The number of aliphatic carboxylic acids is 1. The number of carboxylic acids is 1. The van der Waals surface area contributed by atoms with Crippen molar-refractivity contribution in [2.75, 3.05) is 7.11 Å². The van der Waals surface area contributed by atoms with Crippen LogP contribution < -0.4 is 0 Å². The summed E-state index contributed by atoms with van der Waals surface area (Å²) >= 11 is 0. The summed E-state index contributed by atoms with van der Waals surface area (Å²) in [5, 5.41) is 8.76. The molecule has 1 aliphatic carbocycles. The Bertz CT molecular complexity index is 144. The summed E-state index contributed by atoms with van der Waals surface area (Å²) in [6.45, 7) is 0. The largest absolute Gasteiger partial charge is 0.481 e. The van der Waals surface area contributed by atoms with Crippen molar-refractivity contribution >= 4 is 5.97 Å². The standard InChI is InChI=1S/C8H14O3/c1-11-7-5-3-2-4-6(7)8(9)10/h6-7H,2-5H2,1H3,(H,9,10)/t6-,7-/m0/s1. The minimum atomic E-state index is -0.712. The molecule has 1 fully saturated rings. The molecule has 1 aliphatic rings. The van der Waals surface area contributed by atoms with E-state index in [4.69, 9.17) is 9.84 Å². The Morgan fingerprint density at radius 1 is 1.45 bits per heavy atom. The third-order valence-corrected chi connectivity index (χ3v) is 2.32. The smallest absolute Gasteiger partial charge is 0.309 e. The summed E-state index contributed by atoms with van der Waals surface area (Å²) in [5.41, 5.74) is 0. The molecule has 3 heteroatoms. The first-order chi connectivity index (χ1) is 5.25. The zero-order valence-electron chi connectivity index (χ0n) is 6.75. The normalized spacial score (nSPS) is 31.7. The second-order valence-corrected chi connectivity index (χ2v) is 3.00. The van der Waals surface area contributed by atoms with Crippen LogP contribution >= 0.6 is 0 Å². The second kappa shape index (κ2) is 3.72. The summed E-state index contributed by atoms with van der Waals surface area (Å²) in [4.78, 5) is 10.6. The molecule has 0 radical (unpaired) electrons. The Morgan fingerprint density at radius 2 is 2.09 bits per heavy atom. The maximum atomic E-state index is 10.6. The highest BCUT2D eigenvalue weighted by molar-refractivity contribution is 5.70. The zero-order chi connectivity index (χ0) is 8.27. The molecule has 64 valence electrons. The van der Waals surface area contributed by atoms with Gasteiger partial charge in [0.15, 0.2) is 0 Å². The third-order valence-electron chi connectivity index (χ3n) is 2.32. The fraction of sp³-hybridized carbons (Fsp3) is 0.875. The predicted molar refractivity (Wildman–Crippen MR) is 40.4 cm³/mol. The van der Waals surface area contributed by atoms with Gasteiger partial charge in [-0.3, -0.25) is 4.79 Å². The van der Waals surface area contributed by atoms with Crippen molar-refractivity contribution in [2.45, 2.75) is 31.8 Å². The molecule has 0 unspecified atom stereocenters. The van der Waals surface area contributed by atoms with Crippen LogP contribution in [0.4, 0.5) is 0 Å². The van der Waals surface area contributed by atoms with Gasteiger partial charge in [-0.25, -0.2) is 0 Å². The van der Waals surface area contributed by atoms with Crippen LogP contribution in [0.25, 0.3) is 0 Å². The molecule has 1 N–H and O–H groups in total. The van der Waals surface area contributed by atoms with Crippen LogP contribution in [-0.4, -0.2) is 24.3 Å². The van der Waals surface area contributed by atoms with Crippen LogP contribution in [0.1, 0.15) is 25.7 Å². The van der Waals surface area contributed by atoms with Gasteiger partial charge < -0.3 is 9.84 Å². The zero-order valence-corrected chi connectivity index (χ0v) is 6.75. The summed E-state index contributed by atoms with van der Waals surface area (Å²) < 4.78 is 5.08. The van der Waals surface area contributed by atoms with Crippen molar-refractivity contribution < 1.29 is 14.6 Å². The fourth-order valence-electron chi connectivity index (χ4n) is 1.66. The van der Waals surface area contributed by atoms with E-state index in [1.165, 1.54) is 0 Å². The van der Waals surface area contributed by atoms with Crippen LogP contribution in [0.3, 0.4) is 0 Å². The first-order valence-corrected chi connectivity index (χ1v) is 4.01. The molecule has 0 bridgehead atoms. The predicted octanol–water partition coefficient (Wildman–Crippen LogP) is 1.28. The minimum absolute atomic E-state index is 0.0544. The van der Waals surface area contributed by atoms with Crippen molar-refractivity contribution in [2.24, 2.45) is 5.92 Å². The molecule has 0 saturated heterocycles. The second-order valence-electron chi connectivity index (χ2n) is 3.00. The lowest BCUT2D eigenvalue weighted by atomic mass is 9.86. The highest BCUT2D eigenvalue weighted by atomic mass is 16.5. The van der Waals surface area contributed by atoms with E-state index in [2.05, 4.69) is 0 Å². The number of ether oxygens (including phenoxy) is 1. The number of hydrogen-bond acceptors (Lipinski definition) is 2. The van der Waals surface area contributed by atoms with E-state index in [9.17, 15) is 4.79 Å². The lowest BCUT2D eigenvalue weighted by molar-refractivity contribution is -0.148. The number of carbonyl (C=O) groups is 1. The molecular weight excluding hydrogens is 144 g/mol. The Balaban J connectivity index is 2.51. The Kier molecular flexibility index (Phi) is 2.88. The summed E-state index contributed by atoms with van der Waals surface area (Å²) in [6, 6.07) is 0. The van der Waals surface area contributed by atoms with Crippen LogP contribution in [-0.2, 0) is 9.53 Å². The molecule has 2 atom stereocenters. The van der Waals surface area contributed by atoms with E-state index in [1.807, 2.05) is 0 Å². The molecule has 11 heavy (non-hydrogen) atoms. The van der Waals surface area contributed by atoms with E-state index in [-0.39, 0.29) is 12.0 Å². The van der Waals surface area contributed by atoms with Gasteiger partial charge in [0, 0.05) is 7.11 Å². The van der Waals surface area contributed by atoms with Gasteiger partial charge in [0.1, 0.15) is 0 Å². The minimum Gasteiger partial charge on any atom is -0.481 e. The van der Waals surface area contributed by atoms with Crippen molar-refractivity contribution in [3.63, 3.8) is 0 Å². The van der Waals surface area contributed by atoms with Gasteiger partial charge in [-0.05, 0) is 12.8 Å². The number of carboxylic acid groups (broad SMARTS) is 1. The van der Waals surface area contributed by atoms with Gasteiger partial charge in [-0.15, -0.1) is 0 Å². The van der Waals surface area contributed by atoms with E-state index in [0.717, 1.165) is 25.7 Å². The monoisotopic (exact) mass is 158 g/mol. The van der Waals surface area contributed by atoms with Gasteiger partial charge in [-0.2, -0.15) is 0 Å². The van der Waals surface area contributed by atoms with E-state index in [1.54, 1.807) is 7.11 Å². The molecule has 0 amide bonds. The first kappa shape index (κ1) is 8.53. The third kappa shape index (κ3) is 1.93. The average molecular weight is 158 g/mol. The Labute approximate surface area is 66.4 Å². The van der Waals surface area contributed by atoms with E-state index in [0.29, 0.717) is 0 Å². The summed E-state index contributed by atoms with van der Waals surface area (Å²) in [6.07, 6.45) is 3.74. The topological polar surface area (TPSA) is 46.5 Å². The highest BCUT2D eigenvalue weighted by Gasteiger charge is 2.30. The van der Waals surface area contributed by atoms with Crippen molar-refractivity contribution in [1.29, 1.82) is 0 Å². The summed E-state index contributed by atoms with van der Waals surface area (Å²) in [5.74, 6) is -0.981. The van der Waals surface area contributed by atoms with Crippen LogP contribution in [0.5, 0.6) is 0 Å². The molecule has 0 heterocycles. The van der Waals surface area contributed by atoms with Crippen molar-refractivity contribution in [1.82, 2.24) is 0 Å². The highest BCUT2D eigenvalue weighted by Crippen LogP contribution is 2.26. The fourth-order valence-corrected chi connectivity index (χ4v) is 1.66. The van der Waals surface area contributed by atoms with Gasteiger partial charge in [-0.1, -0.05) is 12.8 Å². The molecule has 0 aromatic heterocycles. The number of hydrogen-bond donors (Lipinski definition) is 1.